The van der Waals surface area contributed by atoms with Crippen LogP contribution in [0.1, 0.15) is 21.6 Å². The standard InChI is InChI=1S/C23H18F2N4O2/c1-15-11-20(31-14-16-3-2-4-18(25)12-16)9-10-21(15)26-23(30)22-13-29(28-27-22)19-7-5-17(24)6-8-19/h2-13H,14H2,1H3,(H,26,30). The van der Waals surface area contributed by atoms with Crippen molar-refractivity contribution in [1.29, 1.82) is 0 Å². The molecule has 0 spiro atoms. The van der Waals surface area contributed by atoms with Gasteiger partial charge in [-0.2, -0.15) is 0 Å². The second kappa shape index (κ2) is 8.74. The van der Waals surface area contributed by atoms with Crippen LogP contribution in [0.5, 0.6) is 5.75 Å². The monoisotopic (exact) mass is 420 g/mol. The van der Waals surface area contributed by atoms with E-state index in [2.05, 4.69) is 15.6 Å². The quantitative estimate of drug-likeness (QED) is 0.492. The molecule has 1 heterocycles. The SMILES string of the molecule is Cc1cc(OCc2cccc(F)c2)ccc1NC(=O)c1cn(-c2ccc(F)cc2)nn1. The molecule has 0 aliphatic heterocycles. The fourth-order valence-electron chi connectivity index (χ4n) is 2.93. The second-order valence-corrected chi connectivity index (χ2v) is 6.87. The predicted molar refractivity (Wildman–Crippen MR) is 111 cm³/mol. The van der Waals surface area contributed by atoms with E-state index in [1.807, 2.05) is 6.92 Å². The van der Waals surface area contributed by atoms with Gasteiger partial charge in [-0.3, -0.25) is 4.79 Å². The molecule has 6 nitrogen and oxygen atoms in total. The molecule has 8 heteroatoms. The van der Waals surface area contributed by atoms with E-state index in [0.29, 0.717) is 17.1 Å². The van der Waals surface area contributed by atoms with Crippen molar-refractivity contribution in [3.63, 3.8) is 0 Å². The minimum atomic E-state index is -0.426. The number of aromatic nitrogens is 3. The van der Waals surface area contributed by atoms with E-state index in [9.17, 15) is 13.6 Å². The predicted octanol–water partition coefficient (Wildman–Crippen LogP) is 4.69. The lowest BCUT2D eigenvalue weighted by molar-refractivity contribution is 0.102. The normalized spacial score (nSPS) is 10.7. The van der Waals surface area contributed by atoms with Gasteiger partial charge in [-0.05, 0) is 72.6 Å². The molecule has 0 bridgehead atoms. The van der Waals surface area contributed by atoms with Gasteiger partial charge in [0, 0.05) is 5.69 Å². The molecule has 1 aromatic heterocycles. The Kier molecular flexibility index (Phi) is 5.70. The first kappa shape index (κ1) is 20.2. The van der Waals surface area contributed by atoms with Crippen molar-refractivity contribution in [3.05, 3.63) is 101 Å². The highest BCUT2D eigenvalue weighted by Crippen LogP contribution is 2.23. The van der Waals surface area contributed by atoms with Crippen LogP contribution < -0.4 is 10.1 Å². The van der Waals surface area contributed by atoms with Crippen molar-refractivity contribution in [3.8, 4) is 11.4 Å². The number of carbonyl (C=O) groups excluding carboxylic acids is 1. The van der Waals surface area contributed by atoms with Crippen LogP contribution in [-0.2, 0) is 6.61 Å². The zero-order valence-electron chi connectivity index (χ0n) is 16.5. The summed E-state index contributed by atoms with van der Waals surface area (Å²) in [5.74, 6) is -0.501. The summed E-state index contributed by atoms with van der Waals surface area (Å²) in [4.78, 5) is 12.5. The van der Waals surface area contributed by atoms with Gasteiger partial charge in [-0.25, -0.2) is 13.5 Å². The number of nitrogens with zero attached hydrogens (tertiary/aromatic N) is 3. The maximum absolute atomic E-state index is 13.3. The number of hydrogen-bond acceptors (Lipinski definition) is 4. The van der Waals surface area contributed by atoms with Gasteiger partial charge < -0.3 is 10.1 Å². The average molecular weight is 420 g/mol. The summed E-state index contributed by atoms with van der Waals surface area (Å²) in [5.41, 5.74) is 2.81. The molecule has 0 unspecified atom stereocenters. The van der Waals surface area contributed by atoms with Crippen LogP contribution in [0.4, 0.5) is 14.5 Å². The number of amides is 1. The van der Waals surface area contributed by atoms with Crippen LogP contribution in [0.2, 0.25) is 0 Å². The summed E-state index contributed by atoms with van der Waals surface area (Å²) >= 11 is 0. The van der Waals surface area contributed by atoms with Crippen LogP contribution in [-0.4, -0.2) is 20.9 Å². The van der Waals surface area contributed by atoms with Gasteiger partial charge in [-0.1, -0.05) is 17.3 Å². The van der Waals surface area contributed by atoms with Gasteiger partial charge >= 0.3 is 0 Å². The lowest BCUT2D eigenvalue weighted by Gasteiger charge is -2.11. The molecule has 0 saturated carbocycles. The topological polar surface area (TPSA) is 69.0 Å². The van der Waals surface area contributed by atoms with Crippen LogP contribution in [0.25, 0.3) is 5.69 Å². The molecule has 1 amide bonds. The number of hydrogen-bond donors (Lipinski definition) is 1. The Morgan fingerprint density at radius 1 is 1.03 bits per heavy atom. The van der Waals surface area contributed by atoms with E-state index in [1.54, 1.807) is 42.5 Å². The number of aryl methyl sites for hydroxylation is 1. The molecule has 0 atom stereocenters. The molecule has 0 aliphatic carbocycles. The smallest absolute Gasteiger partial charge is 0.277 e. The van der Waals surface area contributed by atoms with Gasteiger partial charge in [0.2, 0.25) is 0 Å². The van der Waals surface area contributed by atoms with E-state index in [1.165, 1.54) is 35.1 Å². The third kappa shape index (κ3) is 4.92. The summed E-state index contributed by atoms with van der Waals surface area (Å²) < 4.78 is 33.4. The number of halogens is 2. The first-order chi connectivity index (χ1) is 15.0. The number of anilines is 1. The van der Waals surface area contributed by atoms with Crippen molar-refractivity contribution in [2.24, 2.45) is 0 Å². The van der Waals surface area contributed by atoms with Gasteiger partial charge in [0.25, 0.3) is 5.91 Å². The number of carbonyl (C=O) groups is 1. The molecule has 0 fully saturated rings. The Hall–Kier alpha value is -4.07. The minimum Gasteiger partial charge on any atom is -0.489 e. The number of nitrogens with one attached hydrogen (secondary N) is 1. The molecule has 0 saturated heterocycles. The number of ether oxygens (including phenoxy) is 1. The lowest BCUT2D eigenvalue weighted by atomic mass is 10.2. The average Bonchev–Trinajstić information content (AvgIpc) is 3.25. The molecule has 0 aliphatic rings. The summed E-state index contributed by atoms with van der Waals surface area (Å²) in [5, 5.41) is 10.6. The molecular formula is C23H18F2N4O2. The fraction of sp³-hybridized carbons (Fsp3) is 0.0870. The molecule has 3 aromatic carbocycles. The summed E-state index contributed by atoms with van der Waals surface area (Å²) in [7, 11) is 0. The summed E-state index contributed by atoms with van der Waals surface area (Å²) in [6.45, 7) is 2.06. The van der Waals surface area contributed by atoms with Crippen LogP contribution >= 0.6 is 0 Å². The van der Waals surface area contributed by atoms with Gasteiger partial charge in [-0.15, -0.1) is 5.10 Å². The third-order valence-electron chi connectivity index (χ3n) is 4.56. The zero-order valence-corrected chi connectivity index (χ0v) is 16.5. The summed E-state index contributed by atoms with van der Waals surface area (Å²) in [6.07, 6.45) is 1.47. The molecule has 4 aromatic rings. The molecule has 0 radical (unpaired) electrons. The Balaban J connectivity index is 1.41. The second-order valence-electron chi connectivity index (χ2n) is 6.87. The number of benzene rings is 3. The molecule has 31 heavy (non-hydrogen) atoms. The van der Waals surface area contributed by atoms with E-state index >= 15 is 0 Å². The first-order valence-electron chi connectivity index (χ1n) is 9.45. The third-order valence-corrected chi connectivity index (χ3v) is 4.56. The Bertz CT molecular complexity index is 1220. The maximum atomic E-state index is 13.3. The van der Waals surface area contributed by atoms with Crippen LogP contribution in [0.3, 0.4) is 0 Å². The highest BCUT2D eigenvalue weighted by Gasteiger charge is 2.13. The molecular weight excluding hydrogens is 402 g/mol. The first-order valence-corrected chi connectivity index (χ1v) is 9.45. The Morgan fingerprint density at radius 3 is 2.58 bits per heavy atom. The highest BCUT2D eigenvalue weighted by molar-refractivity contribution is 6.03. The van der Waals surface area contributed by atoms with Crippen molar-refractivity contribution in [2.45, 2.75) is 13.5 Å². The highest BCUT2D eigenvalue weighted by atomic mass is 19.1. The summed E-state index contributed by atoms with van der Waals surface area (Å²) in [6, 6.07) is 17.1. The molecule has 4 rings (SSSR count). The Labute approximate surface area is 177 Å². The van der Waals surface area contributed by atoms with E-state index in [4.69, 9.17) is 4.74 Å². The fourth-order valence-corrected chi connectivity index (χ4v) is 2.93. The van der Waals surface area contributed by atoms with Gasteiger partial charge in [0.1, 0.15) is 24.0 Å². The maximum Gasteiger partial charge on any atom is 0.277 e. The van der Waals surface area contributed by atoms with Crippen molar-refractivity contribution in [2.75, 3.05) is 5.32 Å². The van der Waals surface area contributed by atoms with Crippen molar-refractivity contribution < 1.29 is 18.3 Å². The van der Waals surface area contributed by atoms with Crippen molar-refractivity contribution in [1.82, 2.24) is 15.0 Å². The molecule has 156 valence electrons. The zero-order chi connectivity index (χ0) is 21.8. The minimum absolute atomic E-state index is 0.121. The Morgan fingerprint density at radius 2 is 1.84 bits per heavy atom. The largest absolute Gasteiger partial charge is 0.489 e. The van der Waals surface area contributed by atoms with Gasteiger partial charge in [0.05, 0.1) is 11.9 Å². The van der Waals surface area contributed by atoms with E-state index < -0.39 is 5.91 Å². The number of rotatable bonds is 6. The van der Waals surface area contributed by atoms with Crippen molar-refractivity contribution >= 4 is 11.6 Å². The van der Waals surface area contributed by atoms with E-state index in [-0.39, 0.29) is 23.9 Å². The van der Waals surface area contributed by atoms with Gasteiger partial charge in [0.15, 0.2) is 5.69 Å². The lowest BCUT2D eigenvalue weighted by Crippen LogP contribution is -2.13. The van der Waals surface area contributed by atoms with Crippen LogP contribution in [0.15, 0.2) is 72.9 Å². The van der Waals surface area contributed by atoms with E-state index in [0.717, 1.165) is 11.1 Å². The van der Waals surface area contributed by atoms with Crippen LogP contribution in [0, 0.1) is 18.6 Å². The molecule has 1 N–H and O–H groups in total.